The maximum absolute atomic E-state index is 12.2. The number of nitro benzene ring substituents is 1. The third-order valence-corrected chi connectivity index (χ3v) is 4.15. The van der Waals surface area contributed by atoms with Crippen LogP contribution in [0.4, 0.5) is 5.69 Å². The standard InChI is InChI=1S/C14H17ClN2O3/c1-9-4-2-3-5-12(9)16-14(18)10-6-7-11(15)13(8-10)17(19)20/h6-9,12H,2-5H2,1H3,(H,16,18). The van der Waals surface area contributed by atoms with Gasteiger partial charge in [0.2, 0.25) is 0 Å². The zero-order chi connectivity index (χ0) is 14.7. The number of hydrogen-bond acceptors (Lipinski definition) is 3. The van der Waals surface area contributed by atoms with Crippen molar-refractivity contribution in [2.24, 2.45) is 5.92 Å². The van der Waals surface area contributed by atoms with E-state index < -0.39 is 4.92 Å². The van der Waals surface area contributed by atoms with Crippen LogP contribution in [-0.2, 0) is 0 Å². The molecule has 1 fully saturated rings. The molecule has 108 valence electrons. The van der Waals surface area contributed by atoms with E-state index in [0.29, 0.717) is 5.92 Å². The van der Waals surface area contributed by atoms with Crippen molar-refractivity contribution in [3.63, 3.8) is 0 Å². The molecule has 1 aromatic carbocycles. The number of rotatable bonds is 3. The molecule has 0 spiro atoms. The van der Waals surface area contributed by atoms with E-state index in [1.54, 1.807) is 0 Å². The molecule has 0 saturated heterocycles. The molecule has 0 heterocycles. The molecule has 1 aliphatic rings. The van der Waals surface area contributed by atoms with Crippen molar-refractivity contribution in [2.45, 2.75) is 38.6 Å². The Labute approximate surface area is 122 Å². The molecule has 1 N–H and O–H groups in total. The molecule has 1 aromatic rings. The zero-order valence-corrected chi connectivity index (χ0v) is 12.0. The minimum atomic E-state index is -0.581. The molecule has 0 aromatic heterocycles. The van der Waals surface area contributed by atoms with Gasteiger partial charge in [0, 0.05) is 17.7 Å². The number of amides is 1. The number of hydrogen-bond donors (Lipinski definition) is 1. The van der Waals surface area contributed by atoms with Crippen molar-refractivity contribution in [3.05, 3.63) is 38.9 Å². The van der Waals surface area contributed by atoms with Crippen molar-refractivity contribution < 1.29 is 9.72 Å². The fraction of sp³-hybridized carbons (Fsp3) is 0.500. The Hall–Kier alpha value is -1.62. The molecular formula is C14H17ClN2O3. The lowest BCUT2D eigenvalue weighted by Gasteiger charge is -2.29. The minimum Gasteiger partial charge on any atom is -0.349 e. The van der Waals surface area contributed by atoms with Gasteiger partial charge in [-0.15, -0.1) is 0 Å². The highest BCUT2D eigenvalue weighted by atomic mass is 35.5. The van der Waals surface area contributed by atoms with E-state index in [-0.39, 0.29) is 28.2 Å². The van der Waals surface area contributed by atoms with Crippen LogP contribution in [0.25, 0.3) is 0 Å². The first-order chi connectivity index (χ1) is 9.49. The summed E-state index contributed by atoms with van der Waals surface area (Å²) < 4.78 is 0. The van der Waals surface area contributed by atoms with Gasteiger partial charge in [-0.1, -0.05) is 31.4 Å². The van der Waals surface area contributed by atoms with E-state index in [4.69, 9.17) is 11.6 Å². The van der Waals surface area contributed by atoms with Gasteiger partial charge in [0.15, 0.2) is 0 Å². The van der Waals surface area contributed by atoms with Gasteiger partial charge in [-0.2, -0.15) is 0 Å². The highest BCUT2D eigenvalue weighted by Gasteiger charge is 2.24. The average Bonchev–Trinajstić information content (AvgIpc) is 2.41. The maximum atomic E-state index is 12.2. The summed E-state index contributed by atoms with van der Waals surface area (Å²) in [5, 5.41) is 13.8. The number of nitrogens with one attached hydrogen (secondary N) is 1. The monoisotopic (exact) mass is 296 g/mol. The first-order valence-corrected chi connectivity index (χ1v) is 7.11. The van der Waals surface area contributed by atoms with Crippen molar-refractivity contribution in [2.75, 3.05) is 0 Å². The number of carbonyl (C=O) groups is 1. The van der Waals surface area contributed by atoms with E-state index in [0.717, 1.165) is 19.3 Å². The van der Waals surface area contributed by atoms with E-state index in [1.807, 2.05) is 0 Å². The number of halogens is 1. The van der Waals surface area contributed by atoms with Crippen molar-refractivity contribution in [3.8, 4) is 0 Å². The molecule has 0 radical (unpaired) electrons. The SMILES string of the molecule is CC1CCCCC1NC(=O)c1ccc(Cl)c([N+](=O)[O-])c1. The van der Waals surface area contributed by atoms with E-state index in [9.17, 15) is 14.9 Å². The second kappa shape index (κ2) is 6.22. The summed E-state index contributed by atoms with van der Waals surface area (Å²) in [4.78, 5) is 22.4. The van der Waals surface area contributed by atoms with Crippen LogP contribution >= 0.6 is 11.6 Å². The summed E-state index contributed by atoms with van der Waals surface area (Å²) in [6.07, 6.45) is 4.37. The highest BCUT2D eigenvalue weighted by Crippen LogP contribution is 2.26. The lowest BCUT2D eigenvalue weighted by Crippen LogP contribution is -2.41. The van der Waals surface area contributed by atoms with Crippen LogP contribution in [0.3, 0.4) is 0 Å². The molecule has 2 rings (SSSR count). The molecule has 0 aliphatic heterocycles. The van der Waals surface area contributed by atoms with Crippen molar-refractivity contribution >= 4 is 23.2 Å². The highest BCUT2D eigenvalue weighted by molar-refractivity contribution is 6.32. The third-order valence-electron chi connectivity index (χ3n) is 3.83. The largest absolute Gasteiger partial charge is 0.349 e. The lowest BCUT2D eigenvalue weighted by atomic mass is 9.86. The number of nitrogens with zero attached hydrogens (tertiary/aromatic N) is 1. The Kier molecular flexibility index (Phi) is 4.60. The van der Waals surface area contributed by atoms with Crippen LogP contribution in [0, 0.1) is 16.0 Å². The summed E-state index contributed by atoms with van der Waals surface area (Å²) in [5.41, 5.74) is 0.0369. The van der Waals surface area contributed by atoms with Crippen LogP contribution < -0.4 is 5.32 Å². The quantitative estimate of drug-likeness (QED) is 0.684. The fourth-order valence-electron chi connectivity index (χ4n) is 2.58. The molecule has 1 aliphatic carbocycles. The second-order valence-electron chi connectivity index (χ2n) is 5.26. The summed E-state index contributed by atoms with van der Waals surface area (Å²) in [5.74, 6) is 0.165. The zero-order valence-electron chi connectivity index (χ0n) is 11.3. The molecule has 2 unspecified atom stereocenters. The van der Waals surface area contributed by atoms with Gasteiger partial charge in [0.25, 0.3) is 11.6 Å². The predicted molar refractivity (Wildman–Crippen MR) is 77.0 cm³/mol. The van der Waals surface area contributed by atoms with Gasteiger partial charge < -0.3 is 5.32 Å². The number of carbonyl (C=O) groups excluding carboxylic acids is 1. The molecular weight excluding hydrogens is 280 g/mol. The summed E-state index contributed by atoms with van der Waals surface area (Å²) >= 11 is 5.74. The molecule has 1 saturated carbocycles. The molecule has 5 nitrogen and oxygen atoms in total. The van der Waals surface area contributed by atoms with Crippen LogP contribution in [0.1, 0.15) is 43.0 Å². The smallest absolute Gasteiger partial charge is 0.288 e. The Morgan fingerprint density at radius 1 is 1.40 bits per heavy atom. The van der Waals surface area contributed by atoms with Crippen LogP contribution in [0.15, 0.2) is 18.2 Å². The molecule has 6 heteroatoms. The fourth-order valence-corrected chi connectivity index (χ4v) is 2.76. The number of benzene rings is 1. The van der Waals surface area contributed by atoms with Crippen molar-refractivity contribution in [1.82, 2.24) is 5.32 Å². The Bertz CT molecular complexity index is 533. The number of nitro groups is 1. The predicted octanol–water partition coefficient (Wildman–Crippen LogP) is 3.56. The van der Waals surface area contributed by atoms with E-state index >= 15 is 0 Å². The first-order valence-electron chi connectivity index (χ1n) is 6.74. The summed E-state index contributed by atoms with van der Waals surface area (Å²) in [6.45, 7) is 2.12. The van der Waals surface area contributed by atoms with Gasteiger partial charge in [-0.05, 0) is 30.9 Å². The van der Waals surface area contributed by atoms with Gasteiger partial charge in [-0.3, -0.25) is 14.9 Å². The normalized spacial score (nSPS) is 22.3. The van der Waals surface area contributed by atoms with Crippen LogP contribution in [-0.4, -0.2) is 16.9 Å². The molecule has 2 atom stereocenters. The molecule has 1 amide bonds. The Balaban J connectivity index is 2.13. The Morgan fingerprint density at radius 2 is 2.10 bits per heavy atom. The summed E-state index contributed by atoms with van der Waals surface area (Å²) in [6, 6.07) is 4.27. The molecule has 20 heavy (non-hydrogen) atoms. The average molecular weight is 297 g/mol. The van der Waals surface area contributed by atoms with Gasteiger partial charge >= 0.3 is 0 Å². The van der Waals surface area contributed by atoms with Crippen molar-refractivity contribution in [1.29, 1.82) is 0 Å². The van der Waals surface area contributed by atoms with Gasteiger partial charge in [-0.25, -0.2) is 0 Å². The molecule has 0 bridgehead atoms. The van der Waals surface area contributed by atoms with Gasteiger partial charge in [0.05, 0.1) is 4.92 Å². The first kappa shape index (κ1) is 14.8. The van der Waals surface area contributed by atoms with Crippen LogP contribution in [0.5, 0.6) is 0 Å². The minimum absolute atomic E-state index is 0.0394. The van der Waals surface area contributed by atoms with E-state index in [2.05, 4.69) is 12.2 Å². The van der Waals surface area contributed by atoms with Crippen LogP contribution in [0.2, 0.25) is 5.02 Å². The van der Waals surface area contributed by atoms with Gasteiger partial charge in [0.1, 0.15) is 5.02 Å². The Morgan fingerprint density at radius 3 is 2.75 bits per heavy atom. The van der Waals surface area contributed by atoms with E-state index in [1.165, 1.54) is 24.6 Å². The third kappa shape index (κ3) is 3.28. The topological polar surface area (TPSA) is 72.2 Å². The maximum Gasteiger partial charge on any atom is 0.288 e. The second-order valence-corrected chi connectivity index (χ2v) is 5.67. The lowest BCUT2D eigenvalue weighted by molar-refractivity contribution is -0.384. The summed E-state index contributed by atoms with van der Waals surface area (Å²) in [7, 11) is 0.